The maximum absolute atomic E-state index is 11.5. The molecule has 3 aromatic rings. The van der Waals surface area contributed by atoms with E-state index in [9.17, 15) is 4.91 Å². The van der Waals surface area contributed by atoms with Gasteiger partial charge in [-0.05, 0) is 48.4 Å². The first-order chi connectivity index (χ1) is 12.4. The molecule has 0 aliphatic rings. The molecule has 0 bridgehead atoms. The fourth-order valence-corrected chi connectivity index (χ4v) is 3.15. The summed E-state index contributed by atoms with van der Waals surface area (Å²) in [6.45, 7) is 0. The molecular formula is C22H22N2O. The highest BCUT2D eigenvalue weighted by Crippen LogP contribution is 2.29. The van der Waals surface area contributed by atoms with Crippen molar-refractivity contribution in [1.82, 2.24) is 4.98 Å². The summed E-state index contributed by atoms with van der Waals surface area (Å²) < 4.78 is 0. The molecule has 0 N–H and O–H groups in total. The number of hydrogen-bond acceptors (Lipinski definition) is 3. The second-order valence-electron chi connectivity index (χ2n) is 6.19. The van der Waals surface area contributed by atoms with Crippen molar-refractivity contribution in [2.75, 3.05) is 0 Å². The lowest BCUT2D eigenvalue weighted by Crippen LogP contribution is -2.03. The van der Waals surface area contributed by atoms with Crippen LogP contribution in [0, 0.1) is 4.91 Å². The van der Waals surface area contributed by atoms with Gasteiger partial charge in [-0.1, -0.05) is 65.8 Å². The molecule has 1 aromatic heterocycles. The second kappa shape index (κ2) is 8.88. The molecular weight excluding hydrogens is 308 g/mol. The van der Waals surface area contributed by atoms with Gasteiger partial charge in [-0.25, -0.2) is 0 Å². The van der Waals surface area contributed by atoms with Crippen LogP contribution in [0.25, 0.3) is 0 Å². The summed E-state index contributed by atoms with van der Waals surface area (Å²) in [5.74, 6) is 0. The maximum atomic E-state index is 11.5. The van der Waals surface area contributed by atoms with E-state index in [0.717, 1.165) is 36.8 Å². The Balaban J connectivity index is 1.67. The van der Waals surface area contributed by atoms with Crippen molar-refractivity contribution in [2.45, 2.75) is 31.7 Å². The zero-order valence-corrected chi connectivity index (χ0v) is 14.2. The highest BCUT2D eigenvalue weighted by Gasteiger charge is 2.17. The van der Waals surface area contributed by atoms with Gasteiger partial charge in [0, 0.05) is 18.0 Å². The molecule has 0 radical (unpaired) electrons. The molecule has 1 atom stereocenters. The van der Waals surface area contributed by atoms with Gasteiger partial charge in [-0.15, -0.1) is 4.91 Å². The third kappa shape index (κ3) is 4.60. The number of unbranched alkanes of at least 4 members (excludes halogenated alkanes) is 1. The minimum absolute atomic E-state index is 0.487. The van der Waals surface area contributed by atoms with E-state index >= 15 is 0 Å². The monoisotopic (exact) mass is 330 g/mol. The number of hydrogen-bond donors (Lipinski definition) is 0. The van der Waals surface area contributed by atoms with Gasteiger partial charge >= 0.3 is 0 Å². The van der Waals surface area contributed by atoms with Gasteiger partial charge in [-0.2, -0.15) is 0 Å². The van der Waals surface area contributed by atoms with Crippen LogP contribution < -0.4 is 0 Å². The van der Waals surface area contributed by atoms with Crippen LogP contribution in [0.15, 0.2) is 84.3 Å². The fraction of sp³-hybridized carbons (Fsp3) is 0.227. The first-order valence-electron chi connectivity index (χ1n) is 8.72. The first-order valence-corrected chi connectivity index (χ1v) is 8.72. The Kier molecular flexibility index (Phi) is 6.05. The molecule has 0 saturated carbocycles. The van der Waals surface area contributed by atoms with Gasteiger partial charge in [0.15, 0.2) is 0 Å². The molecule has 3 rings (SSSR count). The van der Waals surface area contributed by atoms with Gasteiger partial charge in [0.1, 0.15) is 6.04 Å². The molecule has 0 spiro atoms. The summed E-state index contributed by atoms with van der Waals surface area (Å²) in [7, 11) is 0. The van der Waals surface area contributed by atoms with Crippen molar-refractivity contribution in [3.63, 3.8) is 0 Å². The number of nitroso groups, excluding NO2 is 1. The lowest BCUT2D eigenvalue weighted by molar-refractivity contribution is 0.722. The number of aromatic nitrogens is 1. The van der Waals surface area contributed by atoms with E-state index in [-0.39, 0.29) is 0 Å². The van der Waals surface area contributed by atoms with Crippen LogP contribution in [0.4, 0.5) is 0 Å². The normalized spacial score (nSPS) is 11.8. The van der Waals surface area contributed by atoms with Crippen molar-refractivity contribution in [3.05, 3.63) is 106 Å². The Bertz CT molecular complexity index is 787. The maximum Gasteiger partial charge on any atom is 0.144 e. The van der Waals surface area contributed by atoms with E-state index < -0.39 is 6.04 Å². The smallest absolute Gasteiger partial charge is 0.144 e. The summed E-state index contributed by atoms with van der Waals surface area (Å²) in [6, 6.07) is 21.9. The molecule has 0 saturated heterocycles. The Labute approximate surface area is 148 Å². The van der Waals surface area contributed by atoms with Crippen LogP contribution in [0.5, 0.6) is 0 Å². The topological polar surface area (TPSA) is 42.3 Å². The highest BCUT2D eigenvalue weighted by atomic mass is 16.3. The standard InChI is InChI=1S/C22H22N2O/c25-24-22(20-14-8-16-23-17-20)21-15-7-6-13-19(21)12-5-4-11-18-9-2-1-3-10-18/h1-3,6-10,13-17,22H,4-5,11-12H2. The molecule has 0 aliphatic carbocycles. The van der Waals surface area contributed by atoms with E-state index in [1.807, 2.05) is 36.4 Å². The SMILES string of the molecule is O=NC(c1cccnc1)c1ccccc1CCCCc1ccccc1. The van der Waals surface area contributed by atoms with Gasteiger partial charge in [0.25, 0.3) is 0 Å². The van der Waals surface area contributed by atoms with Crippen molar-refractivity contribution >= 4 is 0 Å². The molecule has 0 aliphatic heterocycles. The molecule has 1 unspecified atom stereocenters. The molecule has 0 amide bonds. The summed E-state index contributed by atoms with van der Waals surface area (Å²) in [6.07, 6.45) is 7.68. The summed E-state index contributed by atoms with van der Waals surface area (Å²) in [5.41, 5.74) is 4.40. The zero-order valence-electron chi connectivity index (χ0n) is 14.2. The number of rotatable bonds is 8. The van der Waals surface area contributed by atoms with E-state index in [2.05, 4.69) is 40.5 Å². The average Bonchev–Trinajstić information content (AvgIpc) is 2.68. The largest absolute Gasteiger partial charge is 0.264 e. The van der Waals surface area contributed by atoms with Gasteiger partial charge in [0.2, 0.25) is 0 Å². The molecule has 126 valence electrons. The second-order valence-corrected chi connectivity index (χ2v) is 6.19. The number of nitrogens with zero attached hydrogens (tertiary/aromatic N) is 2. The number of benzene rings is 2. The Morgan fingerprint density at radius 1 is 0.840 bits per heavy atom. The molecule has 1 heterocycles. The predicted molar refractivity (Wildman–Crippen MR) is 101 cm³/mol. The quantitative estimate of drug-likeness (QED) is 0.404. The van der Waals surface area contributed by atoms with Crippen molar-refractivity contribution in [1.29, 1.82) is 0 Å². The third-order valence-corrected chi connectivity index (χ3v) is 4.46. The van der Waals surface area contributed by atoms with Crippen molar-refractivity contribution in [2.24, 2.45) is 5.18 Å². The van der Waals surface area contributed by atoms with Crippen LogP contribution in [0.3, 0.4) is 0 Å². The first kappa shape index (κ1) is 17.0. The average molecular weight is 330 g/mol. The molecule has 3 heteroatoms. The number of pyridine rings is 1. The highest BCUT2D eigenvalue weighted by molar-refractivity contribution is 5.36. The van der Waals surface area contributed by atoms with Gasteiger partial charge in [-0.3, -0.25) is 4.98 Å². The fourth-order valence-electron chi connectivity index (χ4n) is 3.15. The van der Waals surface area contributed by atoms with E-state index in [1.54, 1.807) is 12.4 Å². The minimum atomic E-state index is -0.487. The van der Waals surface area contributed by atoms with Crippen LogP contribution in [0.2, 0.25) is 0 Å². The van der Waals surface area contributed by atoms with Crippen LogP contribution >= 0.6 is 0 Å². The lowest BCUT2D eigenvalue weighted by Gasteiger charge is -2.14. The third-order valence-electron chi connectivity index (χ3n) is 4.46. The minimum Gasteiger partial charge on any atom is -0.264 e. The molecule has 2 aromatic carbocycles. The summed E-state index contributed by atoms with van der Waals surface area (Å²) >= 11 is 0. The predicted octanol–water partition coefficient (Wildman–Crippen LogP) is 5.50. The van der Waals surface area contributed by atoms with Gasteiger partial charge < -0.3 is 0 Å². The van der Waals surface area contributed by atoms with Crippen molar-refractivity contribution < 1.29 is 0 Å². The Hall–Kier alpha value is -2.81. The van der Waals surface area contributed by atoms with E-state index in [4.69, 9.17) is 0 Å². The van der Waals surface area contributed by atoms with Crippen LogP contribution in [0.1, 0.15) is 41.1 Å². The summed E-state index contributed by atoms with van der Waals surface area (Å²) in [5, 5.41) is 3.38. The van der Waals surface area contributed by atoms with Gasteiger partial charge in [0.05, 0.1) is 0 Å². The Morgan fingerprint density at radius 2 is 1.60 bits per heavy atom. The molecule has 0 fully saturated rings. The van der Waals surface area contributed by atoms with Crippen LogP contribution in [-0.2, 0) is 12.8 Å². The lowest BCUT2D eigenvalue weighted by atomic mass is 9.93. The Morgan fingerprint density at radius 3 is 2.36 bits per heavy atom. The van der Waals surface area contributed by atoms with E-state index in [1.165, 1.54) is 11.1 Å². The molecule has 3 nitrogen and oxygen atoms in total. The summed E-state index contributed by atoms with van der Waals surface area (Å²) in [4.78, 5) is 15.6. The number of aryl methyl sites for hydroxylation is 2. The zero-order chi connectivity index (χ0) is 17.3. The molecule has 25 heavy (non-hydrogen) atoms. The van der Waals surface area contributed by atoms with Crippen molar-refractivity contribution in [3.8, 4) is 0 Å². The van der Waals surface area contributed by atoms with E-state index in [0.29, 0.717) is 0 Å². The van der Waals surface area contributed by atoms with Crippen LogP contribution in [-0.4, -0.2) is 4.98 Å².